The van der Waals surface area contributed by atoms with Crippen molar-refractivity contribution < 1.29 is 14.4 Å². The molecule has 0 aliphatic heterocycles. The van der Waals surface area contributed by atoms with E-state index in [0.717, 1.165) is 32.8 Å². The quantitative estimate of drug-likeness (QED) is 0.110. The third kappa shape index (κ3) is 8.81. The molecular weight excluding hydrogens is 579 g/mol. The number of rotatable bonds is 10. The van der Waals surface area contributed by atoms with Crippen LogP contribution in [-0.2, 0) is 9.59 Å². The summed E-state index contributed by atoms with van der Waals surface area (Å²) >= 11 is 1.42. The number of anilines is 2. The summed E-state index contributed by atoms with van der Waals surface area (Å²) in [5, 5.41) is 8.21. The average molecular weight is 612 g/mol. The van der Waals surface area contributed by atoms with Crippen molar-refractivity contribution in [2.75, 3.05) is 10.6 Å². The van der Waals surface area contributed by atoms with Crippen molar-refractivity contribution in [1.82, 2.24) is 5.32 Å². The SMILES string of the molecule is Cc1ccc(NC(=O)C(Sc2ccc(NC(=O)/C(=C/c3cccc(C)c3)NC(=O)c3ccccc3)cc2)c2ccccc2)cc1. The van der Waals surface area contributed by atoms with Gasteiger partial charge in [-0.2, -0.15) is 0 Å². The molecule has 0 radical (unpaired) electrons. The standard InChI is InChI=1S/C38H33N3O3S/c1-26-16-18-31(19-17-26)40-38(44)35(29-12-5-3-6-13-29)45-33-22-20-32(21-23-33)39-37(43)34(25-28-11-9-10-27(2)24-28)41-36(42)30-14-7-4-8-15-30/h3-25,35H,1-2H3,(H,39,43)(H,40,44)(H,41,42)/b34-25-. The highest BCUT2D eigenvalue weighted by molar-refractivity contribution is 8.00. The van der Waals surface area contributed by atoms with Gasteiger partial charge in [0.1, 0.15) is 10.9 Å². The van der Waals surface area contributed by atoms with E-state index < -0.39 is 11.2 Å². The maximum atomic E-state index is 13.4. The van der Waals surface area contributed by atoms with Crippen LogP contribution in [0, 0.1) is 13.8 Å². The highest BCUT2D eigenvalue weighted by Gasteiger charge is 2.22. The molecule has 5 aromatic carbocycles. The molecule has 0 heterocycles. The van der Waals surface area contributed by atoms with Crippen LogP contribution in [-0.4, -0.2) is 17.7 Å². The minimum Gasteiger partial charge on any atom is -0.325 e. The molecule has 0 saturated heterocycles. The first kappa shape index (κ1) is 31.0. The minimum absolute atomic E-state index is 0.116. The monoisotopic (exact) mass is 611 g/mol. The zero-order valence-corrected chi connectivity index (χ0v) is 25.8. The summed E-state index contributed by atoms with van der Waals surface area (Å²) in [5.74, 6) is -0.972. The molecule has 0 spiro atoms. The van der Waals surface area contributed by atoms with Crippen LogP contribution in [0.1, 0.15) is 37.9 Å². The summed E-state index contributed by atoms with van der Waals surface area (Å²) in [6.45, 7) is 3.97. The van der Waals surface area contributed by atoms with Crippen LogP contribution in [0.5, 0.6) is 0 Å². The van der Waals surface area contributed by atoms with E-state index in [4.69, 9.17) is 0 Å². The fraction of sp³-hybridized carbons (Fsp3) is 0.0789. The van der Waals surface area contributed by atoms with E-state index in [2.05, 4.69) is 16.0 Å². The Kier molecular flexibility index (Phi) is 10.2. The zero-order valence-electron chi connectivity index (χ0n) is 25.0. The van der Waals surface area contributed by atoms with E-state index in [-0.39, 0.29) is 17.5 Å². The Morgan fingerprint density at radius 3 is 1.93 bits per heavy atom. The van der Waals surface area contributed by atoms with Gasteiger partial charge in [-0.25, -0.2) is 0 Å². The lowest BCUT2D eigenvalue weighted by molar-refractivity contribution is -0.116. The summed E-state index contributed by atoms with van der Waals surface area (Å²) in [6.07, 6.45) is 1.66. The first-order valence-corrected chi connectivity index (χ1v) is 15.4. The Morgan fingerprint density at radius 2 is 1.27 bits per heavy atom. The van der Waals surface area contributed by atoms with Crippen LogP contribution in [0.25, 0.3) is 6.08 Å². The van der Waals surface area contributed by atoms with Crippen LogP contribution in [0.2, 0.25) is 0 Å². The molecule has 6 nitrogen and oxygen atoms in total. The first-order chi connectivity index (χ1) is 21.8. The van der Waals surface area contributed by atoms with E-state index in [1.807, 2.05) is 111 Å². The Morgan fingerprint density at radius 1 is 0.644 bits per heavy atom. The number of hydrogen-bond donors (Lipinski definition) is 3. The molecule has 3 N–H and O–H groups in total. The molecule has 0 aliphatic carbocycles. The molecule has 5 aromatic rings. The molecule has 0 saturated carbocycles. The fourth-order valence-corrected chi connectivity index (χ4v) is 5.59. The van der Waals surface area contributed by atoms with Crippen LogP contribution < -0.4 is 16.0 Å². The largest absolute Gasteiger partial charge is 0.325 e. The van der Waals surface area contributed by atoms with Gasteiger partial charge in [0.25, 0.3) is 11.8 Å². The number of nitrogens with one attached hydrogen (secondary N) is 3. The first-order valence-electron chi connectivity index (χ1n) is 14.5. The van der Waals surface area contributed by atoms with E-state index in [1.54, 1.807) is 42.5 Å². The minimum atomic E-state index is -0.495. The van der Waals surface area contributed by atoms with Crippen molar-refractivity contribution in [3.8, 4) is 0 Å². The molecule has 0 aromatic heterocycles. The van der Waals surface area contributed by atoms with Crippen molar-refractivity contribution in [1.29, 1.82) is 0 Å². The summed E-state index contributed by atoms with van der Waals surface area (Å²) in [4.78, 5) is 40.7. The number of thioether (sulfide) groups is 1. The van der Waals surface area contributed by atoms with Crippen LogP contribution in [0.4, 0.5) is 11.4 Å². The Balaban J connectivity index is 1.32. The van der Waals surface area contributed by atoms with Gasteiger partial charge in [-0.05, 0) is 79.6 Å². The van der Waals surface area contributed by atoms with Gasteiger partial charge in [-0.3, -0.25) is 14.4 Å². The topological polar surface area (TPSA) is 87.3 Å². The molecule has 5 rings (SSSR count). The van der Waals surface area contributed by atoms with Gasteiger partial charge in [-0.1, -0.05) is 96.1 Å². The number of benzene rings is 5. The van der Waals surface area contributed by atoms with Crippen LogP contribution in [0.15, 0.2) is 144 Å². The van der Waals surface area contributed by atoms with Crippen molar-refractivity contribution in [3.05, 3.63) is 167 Å². The lowest BCUT2D eigenvalue weighted by atomic mass is 10.1. The van der Waals surface area contributed by atoms with E-state index in [9.17, 15) is 14.4 Å². The molecule has 3 amide bonds. The lowest BCUT2D eigenvalue weighted by Crippen LogP contribution is -2.30. The van der Waals surface area contributed by atoms with Gasteiger partial charge < -0.3 is 16.0 Å². The Hall–Kier alpha value is -5.40. The van der Waals surface area contributed by atoms with Crippen LogP contribution in [0.3, 0.4) is 0 Å². The van der Waals surface area contributed by atoms with Gasteiger partial charge in [0.2, 0.25) is 5.91 Å². The maximum absolute atomic E-state index is 13.4. The molecule has 224 valence electrons. The highest BCUT2D eigenvalue weighted by atomic mass is 32.2. The van der Waals surface area contributed by atoms with Crippen molar-refractivity contribution in [2.45, 2.75) is 24.0 Å². The predicted molar refractivity (Wildman–Crippen MR) is 183 cm³/mol. The number of carbonyl (C=O) groups excluding carboxylic acids is 3. The summed E-state index contributed by atoms with van der Waals surface area (Å²) < 4.78 is 0. The Bertz CT molecular complexity index is 1800. The van der Waals surface area contributed by atoms with Crippen molar-refractivity contribution in [3.63, 3.8) is 0 Å². The lowest BCUT2D eigenvalue weighted by Gasteiger charge is -2.18. The number of hydrogen-bond acceptors (Lipinski definition) is 4. The molecule has 45 heavy (non-hydrogen) atoms. The second-order valence-corrected chi connectivity index (χ2v) is 11.7. The molecule has 7 heteroatoms. The smallest absolute Gasteiger partial charge is 0.272 e. The average Bonchev–Trinajstić information content (AvgIpc) is 3.06. The predicted octanol–water partition coefficient (Wildman–Crippen LogP) is 8.19. The normalized spacial score (nSPS) is 11.7. The third-order valence-electron chi connectivity index (χ3n) is 6.91. The van der Waals surface area contributed by atoms with E-state index >= 15 is 0 Å². The van der Waals surface area contributed by atoms with Gasteiger partial charge in [0, 0.05) is 21.8 Å². The highest BCUT2D eigenvalue weighted by Crippen LogP contribution is 2.36. The summed E-state index contributed by atoms with van der Waals surface area (Å²) in [7, 11) is 0. The third-order valence-corrected chi connectivity index (χ3v) is 8.17. The van der Waals surface area contributed by atoms with E-state index in [1.165, 1.54) is 11.8 Å². The summed E-state index contributed by atoms with van der Waals surface area (Å²) in [5.41, 5.74) is 5.66. The number of carbonyl (C=O) groups is 3. The molecule has 0 fully saturated rings. The maximum Gasteiger partial charge on any atom is 0.272 e. The molecule has 1 unspecified atom stereocenters. The molecule has 1 atom stereocenters. The molecular formula is C38H33N3O3S. The number of amides is 3. The van der Waals surface area contributed by atoms with Gasteiger partial charge in [0.15, 0.2) is 0 Å². The van der Waals surface area contributed by atoms with Gasteiger partial charge >= 0.3 is 0 Å². The Labute approximate surface area is 267 Å². The van der Waals surface area contributed by atoms with E-state index in [0.29, 0.717) is 11.3 Å². The second-order valence-electron chi connectivity index (χ2n) is 10.5. The fourth-order valence-electron chi connectivity index (χ4n) is 4.57. The van der Waals surface area contributed by atoms with Gasteiger partial charge in [-0.15, -0.1) is 11.8 Å². The molecule has 0 bridgehead atoms. The number of aryl methyl sites for hydroxylation is 2. The second kappa shape index (κ2) is 14.9. The van der Waals surface area contributed by atoms with Gasteiger partial charge in [0.05, 0.1) is 0 Å². The summed E-state index contributed by atoms with van der Waals surface area (Å²) in [6, 6.07) is 41.0. The van der Waals surface area contributed by atoms with Crippen molar-refractivity contribution >= 4 is 46.9 Å². The zero-order chi connectivity index (χ0) is 31.6. The molecule has 0 aliphatic rings. The van der Waals surface area contributed by atoms with Crippen molar-refractivity contribution in [2.24, 2.45) is 0 Å². The van der Waals surface area contributed by atoms with Crippen LogP contribution >= 0.6 is 11.8 Å².